The number of hydrogen-bond acceptors (Lipinski definition) is 13. The lowest BCUT2D eigenvalue weighted by atomic mass is 10.00. The van der Waals surface area contributed by atoms with Gasteiger partial charge < -0.3 is 33.0 Å². The first-order chi connectivity index (χ1) is 70.6. The highest BCUT2D eigenvalue weighted by Crippen LogP contribution is 2.46. The van der Waals surface area contributed by atoms with Gasteiger partial charge in [0.1, 0.15) is 57.5 Å². The van der Waals surface area contributed by atoms with Crippen molar-refractivity contribution in [3.8, 4) is 114 Å². The van der Waals surface area contributed by atoms with Crippen molar-refractivity contribution < 1.29 is 4.42 Å². The molecule has 0 atom stereocenters. The van der Waals surface area contributed by atoms with Crippen molar-refractivity contribution in [3.05, 3.63) is 495 Å². The van der Waals surface area contributed by atoms with Crippen LogP contribution in [0, 0.1) is 58.5 Å². The molecule has 0 saturated carbocycles. The van der Waals surface area contributed by atoms with E-state index in [9.17, 15) is 21.0 Å². The summed E-state index contributed by atoms with van der Waals surface area (Å²) in [7, 11) is 0. The van der Waals surface area contributed by atoms with Gasteiger partial charge in [-0.3, -0.25) is 0 Å². The minimum absolute atomic E-state index is 0.00714. The number of benzene rings is 19. The molecule has 17 nitrogen and oxygen atoms in total. The summed E-state index contributed by atoms with van der Waals surface area (Å²) in [4.78, 5) is 35.8. The minimum atomic E-state index is -0.301. The number of hydrogen-bond donors (Lipinski definition) is 0. The van der Waals surface area contributed by atoms with Gasteiger partial charge in [0.2, 0.25) is 11.0 Å². The van der Waals surface area contributed by atoms with Crippen LogP contribution < -0.4 is 9.80 Å². The average molecular weight is 1830 g/mol. The molecule has 0 N–H and O–H groups in total. The fourth-order valence-electron chi connectivity index (χ4n) is 19.2. The maximum atomic E-state index is 9.29. The van der Waals surface area contributed by atoms with Crippen LogP contribution in [0.2, 0.25) is 0 Å². The smallest absolute Gasteiger partial charge is 0.294 e. The molecule has 0 spiro atoms. The molecule has 25 aromatic rings. The Labute approximate surface area is 821 Å². The molecular formula is C126H74N16O. The highest BCUT2D eigenvalue weighted by atomic mass is 16.3. The van der Waals surface area contributed by atoms with Gasteiger partial charge in [-0.25, -0.2) is 19.9 Å². The molecule has 6 aromatic heterocycles. The lowest BCUT2D eigenvalue weighted by Crippen LogP contribution is -2.10. The summed E-state index contributed by atoms with van der Waals surface area (Å²) in [5.74, 6) is -0.602. The summed E-state index contributed by atoms with van der Waals surface area (Å²) in [6, 6.07) is 168. The highest BCUT2D eigenvalue weighted by molar-refractivity contribution is 6.19. The van der Waals surface area contributed by atoms with E-state index in [1.165, 1.54) is 105 Å². The van der Waals surface area contributed by atoms with E-state index in [-0.39, 0.29) is 67.5 Å². The van der Waals surface area contributed by atoms with Gasteiger partial charge in [-0.15, -0.1) is 9.97 Å². The fourth-order valence-corrected chi connectivity index (χ4v) is 19.2. The molecular weight excluding hydrogens is 1750 g/mol. The first kappa shape index (κ1) is 86.3. The lowest BCUT2D eigenvalue weighted by molar-refractivity contribution is 0.670. The molecule has 0 aliphatic carbocycles. The summed E-state index contributed by atoms with van der Waals surface area (Å²) in [5, 5.41) is 44.5. The van der Waals surface area contributed by atoms with Crippen molar-refractivity contribution >= 4 is 144 Å². The van der Waals surface area contributed by atoms with Crippen molar-refractivity contribution in [2.45, 2.75) is 0 Å². The summed E-state index contributed by atoms with van der Waals surface area (Å²) in [5.41, 5.74) is 31.0. The van der Waals surface area contributed by atoms with Crippen molar-refractivity contribution in [2.24, 2.45) is 0 Å². The Morgan fingerprint density at radius 2 is 0.490 bits per heavy atom. The van der Waals surface area contributed by atoms with Crippen LogP contribution in [0.15, 0.2) is 453 Å². The van der Waals surface area contributed by atoms with Gasteiger partial charge in [-0.1, -0.05) is 323 Å². The van der Waals surface area contributed by atoms with E-state index >= 15 is 0 Å². The van der Waals surface area contributed by atoms with Crippen molar-refractivity contribution in [1.82, 2.24) is 39.0 Å². The van der Waals surface area contributed by atoms with Gasteiger partial charge in [-0.05, 0) is 212 Å². The molecule has 0 fully saturated rings. The maximum absolute atomic E-state index is 9.29. The van der Waals surface area contributed by atoms with Gasteiger partial charge in [-0.2, -0.15) is 21.0 Å². The molecule has 6 heterocycles. The van der Waals surface area contributed by atoms with Crippen LogP contribution in [0.4, 0.5) is 45.8 Å². The second-order valence-corrected chi connectivity index (χ2v) is 34.2. The second-order valence-electron chi connectivity index (χ2n) is 34.2. The van der Waals surface area contributed by atoms with Crippen molar-refractivity contribution in [2.75, 3.05) is 9.80 Å². The number of para-hydroxylation sites is 6. The van der Waals surface area contributed by atoms with E-state index in [0.717, 1.165) is 84.0 Å². The zero-order chi connectivity index (χ0) is 96.4. The molecule has 0 aliphatic rings. The molecule has 143 heavy (non-hydrogen) atoms. The van der Waals surface area contributed by atoms with Crippen LogP contribution in [0.5, 0.6) is 0 Å². The lowest BCUT2D eigenvalue weighted by Gasteiger charge is -2.26. The molecule has 25 rings (SSSR count). The Hall–Kier alpha value is -20.9. The Bertz CT molecular complexity index is 9090. The molecule has 0 aliphatic heterocycles. The fraction of sp³-hybridized carbons (Fsp3) is 0. The van der Waals surface area contributed by atoms with Crippen LogP contribution >= 0.6 is 0 Å². The predicted octanol–water partition coefficient (Wildman–Crippen LogP) is 32.2. The Morgan fingerprint density at radius 1 is 0.224 bits per heavy atom. The molecule has 19 aromatic carbocycles. The third-order valence-corrected chi connectivity index (χ3v) is 26.0. The van der Waals surface area contributed by atoms with E-state index in [4.69, 9.17) is 17.6 Å². The van der Waals surface area contributed by atoms with Gasteiger partial charge in [0.15, 0.2) is 22.8 Å². The van der Waals surface area contributed by atoms with Crippen LogP contribution in [0.1, 0.15) is 22.8 Å². The zero-order valence-corrected chi connectivity index (χ0v) is 76.3. The summed E-state index contributed by atoms with van der Waals surface area (Å²) in [6.45, 7) is 14.5. The molecule has 17 heteroatoms. The highest BCUT2D eigenvalue weighted by Gasteiger charge is 2.29. The summed E-state index contributed by atoms with van der Waals surface area (Å²) in [6.07, 6.45) is 0. The van der Waals surface area contributed by atoms with Crippen LogP contribution in [0.25, 0.3) is 198 Å². The van der Waals surface area contributed by atoms with Gasteiger partial charge >= 0.3 is 0 Å². The molecule has 664 valence electrons. The number of fused-ring (bicyclic) bond motifs is 15. The molecule has 0 amide bonds. The maximum Gasteiger partial charge on any atom is 0.294 e. The molecule has 0 radical (unpaired) electrons. The normalized spacial score (nSPS) is 11.0. The van der Waals surface area contributed by atoms with E-state index in [1.54, 1.807) is 24.3 Å². The van der Waals surface area contributed by atoms with Gasteiger partial charge in [0, 0.05) is 83.4 Å². The standard InChI is InChI=1S/C60H44N2.C48H30N2O.C18N12/c1-5-13-45(14-6-1)48-21-23-49(24-22-48)52-29-39-56(40-30-52)61(55-19-11-4-12-20-55)57-41-31-53(32-42-57)54-33-43-60(44-34-54)62(58-35-25-50(26-36-58)46-15-7-2-8-16-46)59-37-27-51(28-38-59)47-17-9-3-10-18-47;1-2-11-34(12-3-1)49-43-18-7-4-13-37(43)41-29-32(23-27-45(41)49)33-24-28-46-42(30-33)38-14-5-8-19-44(38)50(46)35-25-21-31(22-26-35)36-16-10-17-40-39-15-6-9-20-47(39)51-48(36)40;1-23-17-18(24-2)30-16-14-12(26-8(4-20)10(6-22)28-14)11-13(15(16)29-17)27-9(5-21)7(3-19)25-11/h1-44H;1-30H;. The average Bonchev–Trinajstić information content (AvgIpc) is 1.66. The monoisotopic (exact) mass is 1830 g/mol. The summed E-state index contributed by atoms with van der Waals surface area (Å²) < 4.78 is 11.1. The molecule has 0 saturated heterocycles. The number of nitriles is 4. The number of nitrogens with zero attached hydrogens (tertiary/aromatic N) is 16. The van der Waals surface area contributed by atoms with E-state index in [0.29, 0.717) is 0 Å². The van der Waals surface area contributed by atoms with Crippen LogP contribution in [0.3, 0.4) is 0 Å². The number of aromatic nitrogens is 8. The topological polar surface area (TPSA) is 211 Å². The zero-order valence-electron chi connectivity index (χ0n) is 76.3. The van der Waals surface area contributed by atoms with Crippen molar-refractivity contribution in [3.63, 3.8) is 0 Å². The van der Waals surface area contributed by atoms with E-state index in [1.807, 2.05) is 12.1 Å². The Balaban J connectivity index is 0.000000126. The van der Waals surface area contributed by atoms with Gasteiger partial charge in [0.25, 0.3) is 11.6 Å². The van der Waals surface area contributed by atoms with E-state index < -0.39 is 0 Å². The number of rotatable bonds is 15. The quantitative estimate of drug-likeness (QED) is 0.0691. The van der Waals surface area contributed by atoms with Crippen LogP contribution in [-0.4, -0.2) is 39.0 Å². The Morgan fingerprint density at radius 3 is 0.846 bits per heavy atom. The minimum Gasteiger partial charge on any atom is -0.455 e. The van der Waals surface area contributed by atoms with Gasteiger partial charge in [0.05, 0.1) is 22.1 Å². The third kappa shape index (κ3) is 16.2. The second kappa shape index (κ2) is 37.4. The largest absolute Gasteiger partial charge is 0.455 e. The van der Waals surface area contributed by atoms with Crippen molar-refractivity contribution in [1.29, 1.82) is 21.0 Å². The number of anilines is 6. The van der Waals surface area contributed by atoms with E-state index in [2.05, 4.69) is 495 Å². The first-order valence-electron chi connectivity index (χ1n) is 46.3. The SMILES string of the molecule is [C-]#[N+]c1nc2c3nc(C#N)c(C#N)nc3c3nc(C#N)c(C#N)nc3c2nc1[N+]#[C-].c1ccc(-c2ccc(-c3ccc(N(c4ccccc4)c4ccc(-c5ccc(N(c6ccc(-c7ccccc7)cc6)c6ccc(-c7ccccc7)cc6)cc5)cc4)cc3)cc2)cc1.c1ccc(-n2c3ccccc3c3cc(-c4ccc5c(c4)c4ccccc4n5-c4ccc(-c5cccc6c5oc5ccccc56)cc4)ccc32)cc1. The first-order valence-corrected chi connectivity index (χ1v) is 46.3. The number of furan rings is 1. The predicted molar refractivity (Wildman–Crippen MR) is 573 cm³/mol. The molecule has 0 unspecified atom stereocenters. The molecule has 0 bridgehead atoms. The van der Waals surface area contributed by atoms with Crippen LogP contribution in [-0.2, 0) is 0 Å². The Kier molecular flexibility index (Phi) is 22.6. The third-order valence-electron chi connectivity index (χ3n) is 26.0. The summed E-state index contributed by atoms with van der Waals surface area (Å²) >= 11 is 0.